The van der Waals surface area contributed by atoms with Crippen LogP contribution < -0.4 is 5.32 Å². The van der Waals surface area contributed by atoms with Crippen molar-refractivity contribution < 1.29 is 24.5 Å². The summed E-state index contributed by atoms with van der Waals surface area (Å²) in [6.07, 6.45) is 92.4. The van der Waals surface area contributed by atoms with E-state index in [4.69, 9.17) is 4.74 Å². The molecule has 0 radical (unpaired) electrons. The minimum absolute atomic E-state index is 0.00927. The van der Waals surface area contributed by atoms with Crippen LogP contribution in [0.2, 0.25) is 0 Å². The van der Waals surface area contributed by atoms with Gasteiger partial charge in [-0.05, 0) is 83.5 Å². The van der Waals surface area contributed by atoms with Crippen LogP contribution in [0.1, 0.15) is 412 Å². The Morgan fingerprint density at radius 2 is 0.610 bits per heavy atom. The summed E-state index contributed by atoms with van der Waals surface area (Å²) < 4.78 is 5.50. The van der Waals surface area contributed by atoms with Gasteiger partial charge in [0, 0.05) is 12.8 Å². The van der Waals surface area contributed by atoms with Crippen LogP contribution in [0.15, 0.2) is 36.5 Å². The third kappa shape index (κ3) is 67.2. The lowest BCUT2D eigenvalue weighted by Crippen LogP contribution is -2.45. The monoisotopic (exact) mass is 1150 g/mol. The fourth-order valence-electron chi connectivity index (χ4n) is 11.7. The third-order valence-electron chi connectivity index (χ3n) is 17.4. The average molecular weight is 1150 g/mol. The van der Waals surface area contributed by atoms with Crippen LogP contribution in [-0.4, -0.2) is 47.4 Å². The summed E-state index contributed by atoms with van der Waals surface area (Å²) in [6.45, 7) is 4.94. The number of hydrogen-bond donors (Lipinski definition) is 3. The van der Waals surface area contributed by atoms with Crippen molar-refractivity contribution in [3.05, 3.63) is 36.5 Å². The molecule has 3 N–H and O–H groups in total. The maximum Gasteiger partial charge on any atom is 0.305 e. The lowest BCUT2D eigenvalue weighted by Gasteiger charge is -2.22. The Balaban J connectivity index is 3.30. The van der Waals surface area contributed by atoms with Gasteiger partial charge in [-0.2, -0.15) is 0 Å². The summed E-state index contributed by atoms with van der Waals surface area (Å²) in [6, 6.07) is -0.536. The standard InChI is InChI=1S/C76H145NO5/c1-3-5-7-9-11-13-15-16-17-44-47-50-54-58-62-66-70-76(81)82-71-67-63-59-55-51-48-45-42-40-38-36-34-32-30-28-26-24-22-20-18-19-21-23-25-27-29-31-33-35-37-39-41-43-46-49-53-57-61-65-69-75(80)77-73(72-78)74(79)68-64-60-56-52-14-12-10-8-6-4-2/h13,15,17-19,44,73-74,78-79H,3-12,14,16,20-43,45-72H2,1-2H3,(H,77,80)/b15-13-,19-18-,44-17-. The molecule has 2 unspecified atom stereocenters. The van der Waals surface area contributed by atoms with E-state index in [1.165, 1.54) is 327 Å². The Kier molecular flexibility index (Phi) is 69.9. The zero-order valence-electron chi connectivity index (χ0n) is 55.5. The highest BCUT2D eigenvalue weighted by Crippen LogP contribution is 2.19. The first-order valence-corrected chi connectivity index (χ1v) is 37.2. The maximum atomic E-state index is 12.5. The van der Waals surface area contributed by atoms with Gasteiger partial charge in [0.1, 0.15) is 0 Å². The van der Waals surface area contributed by atoms with Gasteiger partial charge >= 0.3 is 5.97 Å². The number of amides is 1. The Hall–Kier alpha value is -1.92. The van der Waals surface area contributed by atoms with Crippen molar-refractivity contribution in [2.24, 2.45) is 0 Å². The summed E-state index contributed by atoms with van der Waals surface area (Å²) in [7, 11) is 0. The molecule has 82 heavy (non-hydrogen) atoms. The van der Waals surface area contributed by atoms with Crippen molar-refractivity contribution in [2.45, 2.75) is 424 Å². The fourth-order valence-corrected chi connectivity index (χ4v) is 11.7. The van der Waals surface area contributed by atoms with E-state index in [1.807, 2.05) is 0 Å². The number of esters is 1. The molecular formula is C76H145NO5. The van der Waals surface area contributed by atoms with Crippen molar-refractivity contribution in [1.82, 2.24) is 5.32 Å². The normalized spacial score (nSPS) is 12.7. The van der Waals surface area contributed by atoms with Gasteiger partial charge in [-0.25, -0.2) is 0 Å². The zero-order valence-corrected chi connectivity index (χ0v) is 55.5. The number of rotatable bonds is 70. The van der Waals surface area contributed by atoms with E-state index < -0.39 is 12.1 Å². The van der Waals surface area contributed by atoms with Gasteiger partial charge in [0.15, 0.2) is 0 Å². The molecule has 2 atom stereocenters. The van der Waals surface area contributed by atoms with Crippen LogP contribution in [0.4, 0.5) is 0 Å². The Morgan fingerprint density at radius 1 is 0.341 bits per heavy atom. The first-order chi connectivity index (χ1) is 40.5. The van der Waals surface area contributed by atoms with Crippen LogP contribution in [0.3, 0.4) is 0 Å². The molecule has 1 amide bonds. The van der Waals surface area contributed by atoms with Crippen LogP contribution in [0.5, 0.6) is 0 Å². The molecule has 6 heteroatoms. The lowest BCUT2D eigenvalue weighted by molar-refractivity contribution is -0.143. The van der Waals surface area contributed by atoms with Gasteiger partial charge in [-0.3, -0.25) is 9.59 Å². The van der Waals surface area contributed by atoms with Crippen molar-refractivity contribution >= 4 is 11.9 Å². The number of carbonyl (C=O) groups excluding carboxylic acids is 2. The molecular weight excluding hydrogens is 1010 g/mol. The quantitative estimate of drug-likeness (QED) is 0.0320. The molecule has 0 saturated carbocycles. The van der Waals surface area contributed by atoms with Crippen molar-refractivity contribution in [3.63, 3.8) is 0 Å². The SMILES string of the molecule is CCCCCC/C=C\C/C=C\CCCCCCCC(=O)OCCCCCCCCCCCCCCCCCCCC/C=C\CCCCCCCCCCCCCCCCCCCC(=O)NC(CO)C(O)CCCCCCCCCCCC. The molecule has 0 aromatic carbocycles. The molecule has 0 aliphatic carbocycles. The number of carbonyl (C=O) groups is 2. The van der Waals surface area contributed by atoms with Crippen LogP contribution in [0, 0.1) is 0 Å². The van der Waals surface area contributed by atoms with Crippen molar-refractivity contribution in [2.75, 3.05) is 13.2 Å². The predicted octanol–water partition coefficient (Wildman–Crippen LogP) is 24.3. The van der Waals surface area contributed by atoms with Gasteiger partial charge in [-0.1, -0.05) is 352 Å². The van der Waals surface area contributed by atoms with Gasteiger partial charge in [-0.15, -0.1) is 0 Å². The van der Waals surface area contributed by atoms with Crippen molar-refractivity contribution in [1.29, 1.82) is 0 Å². The van der Waals surface area contributed by atoms with E-state index in [2.05, 4.69) is 55.6 Å². The second kappa shape index (κ2) is 71.6. The van der Waals surface area contributed by atoms with Crippen LogP contribution >= 0.6 is 0 Å². The molecule has 0 bridgehead atoms. The molecule has 0 aromatic rings. The zero-order chi connectivity index (χ0) is 59.2. The number of hydrogen-bond acceptors (Lipinski definition) is 5. The predicted molar refractivity (Wildman–Crippen MR) is 361 cm³/mol. The number of nitrogens with one attached hydrogen (secondary N) is 1. The second-order valence-corrected chi connectivity index (χ2v) is 25.6. The van der Waals surface area contributed by atoms with Gasteiger partial charge < -0.3 is 20.3 Å². The highest BCUT2D eigenvalue weighted by atomic mass is 16.5. The summed E-state index contributed by atoms with van der Waals surface area (Å²) in [5.41, 5.74) is 0. The highest BCUT2D eigenvalue weighted by Gasteiger charge is 2.20. The molecule has 0 aliphatic rings. The van der Waals surface area contributed by atoms with E-state index in [1.54, 1.807) is 0 Å². The minimum Gasteiger partial charge on any atom is -0.466 e. The van der Waals surface area contributed by atoms with Gasteiger partial charge in [0.25, 0.3) is 0 Å². The summed E-state index contributed by atoms with van der Waals surface area (Å²) in [5, 5.41) is 23.2. The van der Waals surface area contributed by atoms with Gasteiger partial charge in [0.2, 0.25) is 5.91 Å². The highest BCUT2D eigenvalue weighted by molar-refractivity contribution is 5.76. The molecule has 0 rings (SSSR count). The molecule has 0 saturated heterocycles. The maximum absolute atomic E-state index is 12.5. The molecule has 484 valence electrons. The number of unbranched alkanes of at least 4 members (excludes halogenated alkanes) is 53. The second-order valence-electron chi connectivity index (χ2n) is 25.6. The van der Waals surface area contributed by atoms with E-state index in [0.717, 1.165) is 51.4 Å². The molecule has 0 heterocycles. The average Bonchev–Trinajstić information content (AvgIpc) is 3.48. The van der Waals surface area contributed by atoms with E-state index >= 15 is 0 Å². The molecule has 0 aromatic heterocycles. The Bertz CT molecular complexity index is 1330. The number of allylic oxidation sites excluding steroid dienone is 6. The molecule has 0 spiro atoms. The van der Waals surface area contributed by atoms with E-state index in [9.17, 15) is 19.8 Å². The fraction of sp³-hybridized carbons (Fsp3) is 0.895. The molecule has 0 aliphatic heterocycles. The molecule has 0 fully saturated rings. The molecule has 6 nitrogen and oxygen atoms in total. The lowest BCUT2D eigenvalue weighted by atomic mass is 10.0. The minimum atomic E-state index is -0.659. The number of ether oxygens (including phenoxy) is 1. The summed E-state index contributed by atoms with van der Waals surface area (Å²) in [5.74, 6) is -0.0212. The Morgan fingerprint density at radius 3 is 0.951 bits per heavy atom. The number of aliphatic hydroxyl groups excluding tert-OH is 2. The van der Waals surface area contributed by atoms with Gasteiger partial charge in [0.05, 0.1) is 25.4 Å². The van der Waals surface area contributed by atoms with Crippen molar-refractivity contribution in [3.8, 4) is 0 Å². The summed E-state index contributed by atoms with van der Waals surface area (Å²) >= 11 is 0. The summed E-state index contributed by atoms with van der Waals surface area (Å²) in [4.78, 5) is 24.5. The van der Waals surface area contributed by atoms with E-state index in [0.29, 0.717) is 25.9 Å². The first kappa shape index (κ1) is 80.1. The largest absolute Gasteiger partial charge is 0.466 e. The smallest absolute Gasteiger partial charge is 0.305 e. The van der Waals surface area contributed by atoms with Crippen LogP contribution in [0.25, 0.3) is 0 Å². The topological polar surface area (TPSA) is 95.9 Å². The van der Waals surface area contributed by atoms with Crippen LogP contribution in [-0.2, 0) is 14.3 Å². The third-order valence-corrected chi connectivity index (χ3v) is 17.4. The number of aliphatic hydroxyl groups is 2. The first-order valence-electron chi connectivity index (χ1n) is 37.2. The Labute approximate surface area is 513 Å². The van der Waals surface area contributed by atoms with E-state index in [-0.39, 0.29) is 18.5 Å².